The molecule has 0 aliphatic carbocycles. The molecule has 2 aliphatic heterocycles. The highest BCUT2D eigenvalue weighted by Crippen LogP contribution is 2.27. The molecule has 0 bridgehead atoms. The van der Waals surface area contributed by atoms with Crippen LogP contribution in [0.3, 0.4) is 0 Å². The van der Waals surface area contributed by atoms with Gasteiger partial charge in [0, 0.05) is 37.1 Å². The van der Waals surface area contributed by atoms with Crippen molar-refractivity contribution in [3.05, 3.63) is 34.3 Å². The van der Waals surface area contributed by atoms with Gasteiger partial charge in [0.05, 0.1) is 17.4 Å². The van der Waals surface area contributed by atoms with Gasteiger partial charge in [-0.2, -0.15) is 0 Å². The van der Waals surface area contributed by atoms with Gasteiger partial charge in [-0.3, -0.25) is 9.59 Å². The first-order valence-electron chi connectivity index (χ1n) is 8.25. The van der Waals surface area contributed by atoms with Crippen molar-refractivity contribution in [3.8, 4) is 0 Å². The number of rotatable bonds is 4. The Balaban J connectivity index is 1.63. The Hall–Kier alpha value is -1.41. The number of carbonyl (C=O) groups is 2. The second kappa shape index (κ2) is 7.07. The smallest absolute Gasteiger partial charge is 0.228 e. The van der Waals surface area contributed by atoms with Gasteiger partial charge in [-0.15, -0.1) is 0 Å². The maximum Gasteiger partial charge on any atom is 0.228 e. The third-order valence-electron chi connectivity index (χ3n) is 4.90. The molecule has 6 nitrogen and oxygen atoms in total. The van der Waals surface area contributed by atoms with Gasteiger partial charge in [-0.25, -0.2) is 8.42 Å². The van der Waals surface area contributed by atoms with E-state index in [-0.39, 0.29) is 35.8 Å². The quantitative estimate of drug-likeness (QED) is 0.726. The van der Waals surface area contributed by atoms with E-state index < -0.39 is 15.8 Å². The van der Waals surface area contributed by atoms with Crippen LogP contribution in [-0.2, 0) is 26.0 Å². The Bertz CT molecular complexity index is 796. The standard InChI is InChI=1S/C17H21BrN2O4S/c1-19(9-12-4-2-3-5-15(12)18)17(22)13-8-16(21)20(10-13)14-6-7-25(23,24)11-14/h2-5,13-14H,6-11H2,1H3/t13-,14-/m0/s1. The summed E-state index contributed by atoms with van der Waals surface area (Å²) in [5.74, 6) is -0.445. The average molecular weight is 429 g/mol. The van der Waals surface area contributed by atoms with E-state index in [1.165, 1.54) is 0 Å². The zero-order valence-corrected chi connectivity index (χ0v) is 16.4. The van der Waals surface area contributed by atoms with Crippen LogP contribution in [0.2, 0.25) is 0 Å². The summed E-state index contributed by atoms with van der Waals surface area (Å²) in [5, 5.41) is 0. The predicted octanol–water partition coefficient (Wildman–Crippen LogP) is 1.44. The third kappa shape index (κ3) is 4.06. The van der Waals surface area contributed by atoms with E-state index in [4.69, 9.17) is 0 Å². The second-order valence-electron chi connectivity index (χ2n) is 6.79. The number of carbonyl (C=O) groups excluding carboxylic acids is 2. The van der Waals surface area contributed by atoms with Gasteiger partial charge < -0.3 is 9.80 Å². The first-order chi connectivity index (χ1) is 11.8. The normalized spacial score (nSPS) is 25.4. The fourth-order valence-corrected chi connectivity index (χ4v) is 5.68. The van der Waals surface area contributed by atoms with Crippen molar-refractivity contribution in [2.45, 2.75) is 25.4 Å². The van der Waals surface area contributed by atoms with Gasteiger partial charge in [-0.05, 0) is 18.1 Å². The lowest BCUT2D eigenvalue weighted by Gasteiger charge is -2.24. The summed E-state index contributed by atoms with van der Waals surface area (Å²) in [5.41, 5.74) is 1.00. The van der Waals surface area contributed by atoms with Gasteiger partial charge in [-0.1, -0.05) is 34.1 Å². The van der Waals surface area contributed by atoms with Gasteiger partial charge in [0.1, 0.15) is 0 Å². The largest absolute Gasteiger partial charge is 0.341 e. The van der Waals surface area contributed by atoms with E-state index >= 15 is 0 Å². The van der Waals surface area contributed by atoms with E-state index in [0.717, 1.165) is 10.0 Å². The SMILES string of the molecule is CN(Cc1ccccc1Br)C(=O)[C@H]1CC(=O)N([C@H]2CCS(=O)(=O)C2)C1. The zero-order chi connectivity index (χ0) is 18.2. The van der Waals surface area contributed by atoms with E-state index in [1.807, 2.05) is 24.3 Å². The molecule has 2 amide bonds. The van der Waals surface area contributed by atoms with Gasteiger partial charge >= 0.3 is 0 Å². The van der Waals surface area contributed by atoms with Gasteiger partial charge in [0.15, 0.2) is 9.84 Å². The van der Waals surface area contributed by atoms with Crippen molar-refractivity contribution in [2.75, 3.05) is 25.1 Å². The summed E-state index contributed by atoms with van der Waals surface area (Å²) in [6, 6.07) is 7.43. The Morgan fingerprint density at radius 3 is 2.72 bits per heavy atom. The number of hydrogen-bond donors (Lipinski definition) is 0. The van der Waals surface area contributed by atoms with E-state index in [9.17, 15) is 18.0 Å². The minimum Gasteiger partial charge on any atom is -0.341 e. The average Bonchev–Trinajstić information content (AvgIpc) is 3.11. The number of benzene rings is 1. The first kappa shape index (κ1) is 18.4. The summed E-state index contributed by atoms with van der Waals surface area (Å²) in [6.07, 6.45) is 0.636. The topological polar surface area (TPSA) is 74.8 Å². The van der Waals surface area contributed by atoms with E-state index in [0.29, 0.717) is 19.5 Å². The zero-order valence-electron chi connectivity index (χ0n) is 14.0. The molecule has 8 heteroatoms. The second-order valence-corrected chi connectivity index (χ2v) is 9.87. The number of amides is 2. The van der Waals surface area contributed by atoms with E-state index in [1.54, 1.807) is 16.8 Å². The molecule has 0 N–H and O–H groups in total. The minimum atomic E-state index is -3.05. The Morgan fingerprint density at radius 2 is 2.08 bits per heavy atom. The van der Waals surface area contributed by atoms with Crippen LogP contribution in [0.4, 0.5) is 0 Å². The Labute approximate surface area is 156 Å². The van der Waals surface area contributed by atoms with Crippen molar-refractivity contribution < 1.29 is 18.0 Å². The van der Waals surface area contributed by atoms with Crippen molar-refractivity contribution >= 4 is 37.6 Å². The lowest BCUT2D eigenvalue weighted by atomic mass is 10.1. The van der Waals surface area contributed by atoms with Crippen molar-refractivity contribution in [1.82, 2.24) is 9.80 Å². The molecule has 136 valence electrons. The highest BCUT2D eigenvalue weighted by Gasteiger charge is 2.42. The van der Waals surface area contributed by atoms with Crippen LogP contribution in [0.1, 0.15) is 18.4 Å². The number of hydrogen-bond acceptors (Lipinski definition) is 4. The molecule has 0 spiro atoms. The molecule has 2 aliphatic rings. The summed E-state index contributed by atoms with van der Waals surface area (Å²) in [6.45, 7) is 0.779. The van der Waals surface area contributed by atoms with Crippen LogP contribution in [0, 0.1) is 5.92 Å². The molecular weight excluding hydrogens is 408 g/mol. The Kier molecular flexibility index (Phi) is 5.20. The first-order valence-corrected chi connectivity index (χ1v) is 10.9. The summed E-state index contributed by atoms with van der Waals surface area (Å²) in [7, 11) is -1.32. The number of halogens is 1. The number of sulfone groups is 1. The molecule has 1 aromatic carbocycles. The lowest BCUT2D eigenvalue weighted by Crippen LogP contribution is -2.39. The molecule has 0 unspecified atom stereocenters. The molecular formula is C17H21BrN2O4S. The fourth-order valence-electron chi connectivity index (χ4n) is 3.54. The van der Waals surface area contributed by atoms with Gasteiger partial charge in [0.2, 0.25) is 11.8 Å². The highest BCUT2D eigenvalue weighted by atomic mass is 79.9. The molecule has 1 aromatic rings. The van der Waals surface area contributed by atoms with Crippen molar-refractivity contribution in [1.29, 1.82) is 0 Å². The molecule has 3 rings (SSSR count). The van der Waals surface area contributed by atoms with Crippen LogP contribution >= 0.6 is 15.9 Å². The molecule has 0 saturated carbocycles. The summed E-state index contributed by atoms with van der Waals surface area (Å²) < 4.78 is 24.2. The summed E-state index contributed by atoms with van der Waals surface area (Å²) in [4.78, 5) is 28.2. The molecule has 2 fully saturated rings. The fraction of sp³-hybridized carbons (Fsp3) is 0.529. The summed E-state index contributed by atoms with van der Waals surface area (Å²) >= 11 is 3.47. The molecule has 2 saturated heterocycles. The molecule has 0 radical (unpaired) electrons. The monoisotopic (exact) mass is 428 g/mol. The van der Waals surface area contributed by atoms with Crippen molar-refractivity contribution in [3.63, 3.8) is 0 Å². The van der Waals surface area contributed by atoms with Gasteiger partial charge in [0.25, 0.3) is 0 Å². The molecule has 0 aromatic heterocycles. The highest BCUT2D eigenvalue weighted by molar-refractivity contribution is 9.10. The number of nitrogens with zero attached hydrogens (tertiary/aromatic N) is 2. The van der Waals surface area contributed by atoms with Crippen molar-refractivity contribution in [2.24, 2.45) is 5.92 Å². The van der Waals surface area contributed by atoms with Crippen LogP contribution in [0.5, 0.6) is 0 Å². The molecule has 25 heavy (non-hydrogen) atoms. The number of likely N-dealkylation sites (tertiary alicyclic amines) is 1. The third-order valence-corrected chi connectivity index (χ3v) is 7.42. The van der Waals surface area contributed by atoms with Crippen LogP contribution in [-0.4, -0.2) is 61.2 Å². The predicted molar refractivity (Wildman–Crippen MR) is 97.5 cm³/mol. The maximum atomic E-state index is 12.7. The van der Waals surface area contributed by atoms with Crippen LogP contribution in [0.15, 0.2) is 28.7 Å². The van der Waals surface area contributed by atoms with E-state index in [2.05, 4.69) is 15.9 Å². The van der Waals surface area contributed by atoms with Crippen LogP contribution < -0.4 is 0 Å². The maximum absolute atomic E-state index is 12.7. The lowest BCUT2D eigenvalue weighted by molar-refractivity contribution is -0.135. The molecule has 2 atom stereocenters. The van der Waals surface area contributed by atoms with Crippen LogP contribution in [0.25, 0.3) is 0 Å². The minimum absolute atomic E-state index is 0.0203. The molecule has 2 heterocycles. The Morgan fingerprint density at radius 1 is 1.36 bits per heavy atom.